The number of ether oxygens (including phenoxy) is 1. The fourth-order valence-corrected chi connectivity index (χ4v) is 4.65. The van der Waals surface area contributed by atoms with Gasteiger partial charge < -0.3 is 10.1 Å². The van der Waals surface area contributed by atoms with Gasteiger partial charge in [0.1, 0.15) is 5.82 Å². The Hall–Kier alpha value is -2.85. The van der Waals surface area contributed by atoms with E-state index in [-0.39, 0.29) is 17.9 Å². The molecule has 0 aliphatic carbocycles. The average Bonchev–Trinajstić information content (AvgIpc) is 3.08. The SMILES string of the molecule is CCOC(=O)c1ccc2nc(NC(=O)CCS(=O)(=O)c3ccc(F)cc3)sc2c1. The molecule has 3 aromatic rings. The highest BCUT2D eigenvalue weighted by Gasteiger charge is 2.18. The topological polar surface area (TPSA) is 102 Å². The predicted octanol–water partition coefficient (Wildman–Crippen LogP) is 3.41. The number of rotatable bonds is 7. The number of amides is 1. The molecule has 7 nitrogen and oxygen atoms in total. The highest BCUT2D eigenvalue weighted by atomic mass is 32.2. The number of fused-ring (bicyclic) bond motifs is 1. The summed E-state index contributed by atoms with van der Waals surface area (Å²) in [5.41, 5.74) is 0.976. The van der Waals surface area contributed by atoms with Crippen LogP contribution < -0.4 is 5.32 Å². The Morgan fingerprint density at radius 1 is 1.17 bits per heavy atom. The van der Waals surface area contributed by atoms with E-state index >= 15 is 0 Å². The van der Waals surface area contributed by atoms with Gasteiger partial charge in [-0.1, -0.05) is 11.3 Å². The number of thiazole rings is 1. The number of carbonyl (C=O) groups is 2. The van der Waals surface area contributed by atoms with Gasteiger partial charge in [0.2, 0.25) is 5.91 Å². The summed E-state index contributed by atoms with van der Waals surface area (Å²) in [5.74, 6) is -1.91. The lowest BCUT2D eigenvalue weighted by Crippen LogP contribution is -2.17. The van der Waals surface area contributed by atoms with Crippen LogP contribution in [0, 0.1) is 5.82 Å². The molecule has 1 amide bonds. The number of hydrogen-bond acceptors (Lipinski definition) is 7. The number of carbonyl (C=O) groups excluding carboxylic acids is 2. The molecule has 10 heteroatoms. The Labute approximate surface area is 170 Å². The van der Waals surface area contributed by atoms with Crippen LogP contribution in [0.15, 0.2) is 47.4 Å². The van der Waals surface area contributed by atoms with Crippen molar-refractivity contribution in [2.24, 2.45) is 0 Å². The molecule has 29 heavy (non-hydrogen) atoms. The van der Waals surface area contributed by atoms with Gasteiger partial charge in [0.25, 0.3) is 0 Å². The van der Waals surface area contributed by atoms with Gasteiger partial charge in [0.05, 0.1) is 33.0 Å². The van der Waals surface area contributed by atoms with Gasteiger partial charge in [-0.2, -0.15) is 0 Å². The molecule has 1 aromatic heterocycles. The number of nitrogens with zero attached hydrogens (tertiary/aromatic N) is 1. The number of nitrogens with one attached hydrogen (secondary N) is 1. The van der Waals surface area contributed by atoms with Crippen molar-refractivity contribution >= 4 is 48.4 Å². The maximum Gasteiger partial charge on any atom is 0.338 e. The van der Waals surface area contributed by atoms with E-state index in [2.05, 4.69) is 10.3 Å². The van der Waals surface area contributed by atoms with Crippen molar-refractivity contribution in [1.29, 1.82) is 0 Å². The minimum absolute atomic E-state index is 0.0434. The zero-order chi connectivity index (χ0) is 21.0. The van der Waals surface area contributed by atoms with Crippen molar-refractivity contribution in [3.8, 4) is 0 Å². The Kier molecular flexibility index (Phi) is 6.23. The molecule has 0 fully saturated rings. The first kappa shape index (κ1) is 20.9. The second kappa shape index (κ2) is 8.66. The molecule has 0 unspecified atom stereocenters. The van der Waals surface area contributed by atoms with Gasteiger partial charge in [-0.05, 0) is 49.4 Å². The Balaban J connectivity index is 1.65. The van der Waals surface area contributed by atoms with Crippen LogP contribution in [0.2, 0.25) is 0 Å². The van der Waals surface area contributed by atoms with Crippen LogP contribution in [0.5, 0.6) is 0 Å². The molecule has 1 heterocycles. The normalized spacial score (nSPS) is 11.4. The molecule has 0 bridgehead atoms. The number of sulfone groups is 1. The van der Waals surface area contributed by atoms with Gasteiger partial charge >= 0.3 is 5.97 Å². The Bertz CT molecular complexity index is 1160. The second-order valence-corrected chi connectivity index (χ2v) is 9.13. The molecule has 152 valence electrons. The monoisotopic (exact) mass is 436 g/mol. The molecule has 0 saturated heterocycles. The molecular formula is C19H17FN2O5S2. The van der Waals surface area contributed by atoms with Crippen LogP contribution in [0.3, 0.4) is 0 Å². The minimum atomic E-state index is -3.71. The largest absolute Gasteiger partial charge is 0.462 e. The smallest absolute Gasteiger partial charge is 0.338 e. The molecule has 0 saturated carbocycles. The maximum absolute atomic E-state index is 12.9. The summed E-state index contributed by atoms with van der Waals surface area (Å²) in [7, 11) is -3.71. The molecule has 3 rings (SSSR count). The van der Waals surface area contributed by atoms with E-state index in [1.807, 2.05) is 0 Å². The standard InChI is InChI=1S/C19H17FN2O5S2/c1-2-27-18(24)12-3-8-15-16(11-12)28-19(21-15)22-17(23)9-10-29(25,26)14-6-4-13(20)5-7-14/h3-8,11H,2,9-10H2,1H3,(H,21,22,23). The molecule has 0 spiro atoms. The summed E-state index contributed by atoms with van der Waals surface area (Å²) in [6.45, 7) is 1.98. The lowest BCUT2D eigenvalue weighted by atomic mass is 10.2. The zero-order valence-electron chi connectivity index (χ0n) is 15.3. The molecular weight excluding hydrogens is 419 g/mol. The van der Waals surface area contributed by atoms with Crippen molar-refractivity contribution < 1.29 is 27.1 Å². The average molecular weight is 436 g/mol. The van der Waals surface area contributed by atoms with E-state index < -0.39 is 33.3 Å². The number of esters is 1. The summed E-state index contributed by atoms with van der Waals surface area (Å²) >= 11 is 1.16. The van der Waals surface area contributed by atoms with Crippen LogP contribution in [-0.2, 0) is 19.4 Å². The lowest BCUT2D eigenvalue weighted by molar-refractivity contribution is -0.115. The third kappa shape index (κ3) is 5.15. The van der Waals surface area contributed by atoms with Crippen molar-refractivity contribution in [2.75, 3.05) is 17.7 Å². The fourth-order valence-electron chi connectivity index (χ4n) is 2.49. The third-order valence-electron chi connectivity index (χ3n) is 3.92. The molecule has 2 aromatic carbocycles. The van der Waals surface area contributed by atoms with Gasteiger partial charge in [-0.25, -0.2) is 22.6 Å². The molecule has 0 radical (unpaired) electrons. The molecule has 0 atom stereocenters. The summed E-state index contributed by atoms with van der Waals surface area (Å²) in [4.78, 5) is 28.2. The van der Waals surface area contributed by atoms with E-state index in [1.54, 1.807) is 25.1 Å². The van der Waals surface area contributed by atoms with Crippen LogP contribution >= 0.6 is 11.3 Å². The Morgan fingerprint density at radius 3 is 2.59 bits per heavy atom. The lowest BCUT2D eigenvalue weighted by Gasteiger charge is -2.04. The van der Waals surface area contributed by atoms with Crippen LogP contribution in [0.4, 0.5) is 9.52 Å². The Morgan fingerprint density at radius 2 is 1.90 bits per heavy atom. The second-order valence-electron chi connectivity index (χ2n) is 5.99. The van der Waals surface area contributed by atoms with Gasteiger partial charge in [-0.3, -0.25) is 4.79 Å². The first-order chi connectivity index (χ1) is 13.8. The van der Waals surface area contributed by atoms with Crippen LogP contribution in [-0.4, -0.2) is 37.6 Å². The summed E-state index contributed by atoms with van der Waals surface area (Å²) < 4.78 is 43.0. The van der Waals surface area contributed by atoms with Gasteiger partial charge in [-0.15, -0.1) is 0 Å². The summed E-state index contributed by atoms with van der Waals surface area (Å²) in [6, 6.07) is 9.29. The van der Waals surface area contributed by atoms with Crippen LogP contribution in [0.25, 0.3) is 10.2 Å². The molecule has 0 aliphatic heterocycles. The van der Waals surface area contributed by atoms with E-state index in [0.29, 0.717) is 20.9 Å². The molecule has 0 aliphatic rings. The molecule has 1 N–H and O–H groups in total. The minimum Gasteiger partial charge on any atom is -0.462 e. The first-order valence-electron chi connectivity index (χ1n) is 8.64. The van der Waals surface area contributed by atoms with Crippen molar-refractivity contribution in [3.05, 3.63) is 53.8 Å². The summed E-state index contributed by atoms with van der Waals surface area (Å²) in [6.07, 6.45) is -0.274. The van der Waals surface area contributed by atoms with E-state index in [4.69, 9.17) is 4.74 Å². The van der Waals surface area contributed by atoms with Gasteiger partial charge in [0, 0.05) is 6.42 Å². The number of halogens is 1. The van der Waals surface area contributed by atoms with E-state index in [0.717, 1.165) is 35.6 Å². The summed E-state index contributed by atoms with van der Waals surface area (Å²) in [5, 5.41) is 2.86. The quantitative estimate of drug-likeness (QED) is 0.450. The zero-order valence-corrected chi connectivity index (χ0v) is 17.0. The number of benzene rings is 2. The maximum atomic E-state index is 12.9. The third-order valence-corrected chi connectivity index (χ3v) is 6.58. The van der Waals surface area contributed by atoms with Gasteiger partial charge in [0.15, 0.2) is 15.0 Å². The highest BCUT2D eigenvalue weighted by molar-refractivity contribution is 7.91. The van der Waals surface area contributed by atoms with E-state index in [1.165, 1.54) is 0 Å². The number of anilines is 1. The first-order valence-corrected chi connectivity index (χ1v) is 11.1. The van der Waals surface area contributed by atoms with Crippen molar-refractivity contribution in [1.82, 2.24) is 4.98 Å². The fraction of sp³-hybridized carbons (Fsp3) is 0.211. The van der Waals surface area contributed by atoms with Crippen molar-refractivity contribution in [3.63, 3.8) is 0 Å². The van der Waals surface area contributed by atoms with Crippen LogP contribution in [0.1, 0.15) is 23.7 Å². The van der Waals surface area contributed by atoms with Crippen molar-refractivity contribution in [2.45, 2.75) is 18.2 Å². The number of hydrogen-bond donors (Lipinski definition) is 1. The predicted molar refractivity (Wildman–Crippen MR) is 107 cm³/mol. The van der Waals surface area contributed by atoms with E-state index in [9.17, 15) is 22.4 Å². The number of aromatic nitrogens is 1. The highest BCUT2D eigenvalue weighted by Crippen LogP contribution is 2.27.